The van der Waals surface area contributed by atoms with E-state index in [1.54, 1.807) is 13.0 Å². The van der Waals surface area contributed by atoms with Gasteiger partial charge in [-0.25, -0.2) is 4.79 Å². The molecule has 0 fully saturated rings. The van der Waals surface area contributed by atoms with E-state index in [1.165, 1.54) is 6.08 Å². The van der Waals surface area contributed by atoms with Gasteiger partial charge in [-0.05, 0) is 6.92 Å². The van der Waals surface area contributed by atoms with Gasteiger partial charge in [0.15, 0.2) is 0 Å². The van der Waals surface area contributed by atoms with E-state index < -0.39 is 0 Å². The first kappa shape index (κ1) is 8.94. The second-order valence-corrected chi connectivity index (χ2v) is 2.44. The predicted octanol–water partition coefficient (Wildman–Crippen LogP) is 1.54. The van der Waals surface area contributed by atoms with Crippen LogP contribution in [0.3, 0.4) is 0 Å². The van der Waals surface area contributed by atoms with Crippen LogP contribution in [0, 0.1) is 0 Å². The van der Waals surface area contributed by atoms with Gasteiger partial charge in [0.25, 0.3) is 0 Å². The number of halogens is 1. The first-order valence-electron chi connectivity index (χ1n) is 2.66. The van der Waals surface area contributed by atoms with Crippen molar-refractivity contribution in [3.05, 3.63) is 12.2 Å². The maximum absolute atomic E-state index is 10.5. The minimum absolute atomic E-state index is 0.255. The number of esters is 1. The molecule has 0 aliphatic rings. The molecule has 0 rings (SSSR count). The summed E-state index contributed by atoms with van der Waals surface area (Å²) in [7, 11) is 0. The summed E-state index contributed by atoms with van der Waals surface area (Å²) >= 11 is 2.15. The van der Waals surface area contributed by atoms with Crippen molar-refractivity contribution in [1.29, 1.82) is 0 Å². The van der Waals surface area contributed by atoms with Gasteiger partial charge in [0, 0.05) is 10.5 Å². The van der Waals surface area contributed by atoms with E-state index in [1.807, 2.05) is 0 Å². The van der Waals surface area contributed by atoms with Crippen molar-refractivity contribution in [3.8, 4) is 0 Å². The average molecular weight is 240 g/mol. The van der Waals surface area contributed by atoms with E-state index in [-0.39, 0.29) is 5.97 Å². The predicted molar refractivity (Wildman–Crippen MR) is 44.7 cm³/mol. The van der Waals surface area contributed by atoms with Gasteiger partial charge in [-0.2, -0.15) is 0 Å². The molecule has 3 heteroatoms. The Morgan fingerprint density at radius 2 is 2.44 bits per heavy atom. The molecule has 0 N–H and O–H groups in total. The van der Waals surface area contributed by atoms with Crippen LogP contribution in [0.5, 0.6) is 0 Å². The van der Waals surface area contributed by atoms with E-state index in [0.717, 1.165) is 4.43 Å². The second-order valence-electron chi connectivity index (χ2n) is 1.36. The highest BCUT2D eigenvalue weighted by atomic mass is 127. The summed E-state index contributed by atoms with van der Waals surface area (Å²) in [6.07, 6.45) is 3.07. The Hall–Kier alpha value is -0.0600. The van der Waals surface area contributed by atoms with E-state index in [0.29, 0.717) is 6.61 Å². The number of allylic oxidation sites excluding steroid dienone is 1. The normalized spacial score (nSPS) is 10.0. The van der Waals surface area contributed by atoms with Crippen molar-refractivity contribution in [3.63, 3.8) is 0 Å². The molecule has 9 heavy (non-hydrogen) atoms. The number of ether oxygens (including phenoxy) is 1. The molecule has 0 bridgehead atoms. The molecule has 0 aliphatic heterocycles. The summed E-state index contributed by atoms with van der Waals surface area (Å²) in [5.41, 5.74) is 0. The summed E-state index contributed by atoms with van der Waals surface area (Å²) in [6.45, 7) is 2.29. The number of hydrogen-bond donors (Lipinski definition) is 0. The molecule has 0 saturated heterocycles. The minimum Gasteiger partial charge on any atom is -0.462 e. The molecule has 0 spiro atoms. The Morgan fingerprint density at radius 1 is 1.78 bits per heavy atom. The van der Waals surface area contributed by atoms with Crippen LogP contribution in [0.15, 0.2) is 12.2 Å². The second kappa shape index (κ2) is 6.07. The highest BCUT2D eigenvalue weighted by molar-refractivity contribution is 14.1. The first-order valence-corrected chi connectivity index (χ1v) is 4.19. The van der Waals surface area contributed by atoms with Gasteiger partial charge in [0.05, 0.1) is 0 Å². The molecule has 0 unspecified atom stereocenters. The fraction of sp³-hybridized carbons (Fsp3) is 0.500. The average Bonchev–Trinajstić information content (AvgIpc) is 1.85. The molecule has 0 aromatic carbocycles. The van der Waals surface area contributed by atoms with Crippen molar-refractivity contribution < 1.29 is 9.53 Å². The molecule has 0 aromatic rings. The lowest BCUT2D eigenvalue weighted by Gasteiger charge is -1.94. The van der Waals surface area contributed by atoms with Gasteiger partial charge in [0.1, 0.15) is 6.61 Å². The van der Waals surface area contributed by atoms with E-state index in [9.17, 15) is 4.79 Å². The molecule has 0 aromatic heterocycles. The first-order chi connectivity index (χ1) is 4.31. The Balaban J connectivity index is 3.27. The minimum atomic E-state index is -0.255. The fourth-order valence-electron chi connectivity index (χ4n) is 0.323. The Kier molecular flexibility index (Phi) is 6.03. The molecule has 0 amide bonds. The lowest BCUT2D eigenvalue weighted by Crippen LogP contribution is -2.02. The molecule has 0 aliphatic carbocycles. The number of carbonyl (C=O) groups is 1. The van der Waals surface area contributed by atoms with Crippen LogP contribution < -0.4 is 0 Å². The molecule has 0 saturated carbocycles. The van der Waals surface area contributed by atoms with Crippen LogP contribution in [0.4, 0.5) is 0 Å². The summed E-state index contributed by atoms with van der Waals surface area (Å²) in [5, 5.41) is 0. The van der Waals surface area contributed by atoms with E-state index in [4.69, 9.17) is 4.74 Å². The van der Waals surface area contributed by atoms with Gasteiger partial charge in [0.2, 0.25) is 0 Å². The van der Waals surface area contributed by atoms with Gasteiger partial charge >= 0.3 is 5.97 Å². The monoisotopic (exact) mass is 240 g/mol. The van der Waals surface area contributed by atoms with Crippen molar-refractivity contribution in [2.24, 2.45) is 0 Å². The summed E-state index contributed by atoms with van der Waals surface area (Å²) in [5.74, 6) is -0.255. The molecule has 0 heterocycles. The number of hydrogen-bond acceptors (Lipinski definition) is 2. The zero-order valence-electron chi connectivity index (χ0n) is 5.26. The van der Waals surface area contributed by atoms with Crippen LogP contribution in [-0.4, -0.2) is 17.0 Å². The third kappa shape index (κ3) is 5.82. The summed E-state index contributed by atoms with van der Waals surface area (Å²) in [4.78, 5) is 10.5. The van der Waals surface area contributed by atoms with Gasteiger partial charge in [-0.1, -0.05) is 28.7 Å². The van der Waals surface area contributed by atoms with Crippen molar-refractivity contribution in [2.75, 3.05) is 11.0 Å². The third-order valence-electron chi connectivity index (χ3n) is 0.624. The maximum atomic E-state index is 10.5. The van der Waals surface area contributed by atoms with E-state index >= 15 is 0 Å². The number of alkyl halides is 1. The zero-order chi connectivity index (χ0) is 7.11. The van der Waals surface area contributed by atoms with Gasteiger partial charge in [-0.15, -0.1) is 0 Å². The number of rotatable bonds is 3. The maximum Gasteiger partial charge on any atom is 0.330 e. The van der Waals surface area contributed by atoms with Gasteiger partial charge < -0.3 is 4.74 Å². The Bertz CT molecular complexity index is 110. The molecular formula is C6H9IO2. The molecule has 0 atom stereocenters. The van der Waals surface area contributed by atoms with Crippen molar-refractivity contribution >= 4 is 28.6 Å². The Labute approximate surface area is 68.4 Å². The van der Waals surface area contributed by atoms with Crippen LogP contribution in [0.1, 0.15) is 6.92 Å². The standard InChI is InChI=1S/C6H9IO2/c1-2-3-6(8)9-5-4-7/h2-3H,4-5H2,1H3. The molecule has 0 radical (unpaired) electrons. The van der Waals surface area contributed by atoms with Crippen molar-refractivity contribution in [2.45, 2.75) is 6.92 Å². The smallest absolute Gasteiger partial charge is 0.330 e. The van der Waals surface area contributed by atoms with Crippen LogP contribution in [0.2, 0.25) is 0 Å². The SMILES string of the molecule is CC=CC(=O)OCCI. The highest BCUT2D eigenvalue weighted by Crippen LogP contribution is 1.85. The highest BCUT2D eigenvalue weighted by Gasteiger charge is 1.91. The lowest BCUT2D eigenvalue weighted by atomic mass is 10.5. The number of carbonyl (C=O) groups excluding carboxylic acids is 1. The van der Waals surface area contributed by atoms with E-state index in [2.05, 4.69) is 22.6 Å². The molecular weight excluding hydrogens is 231 g/mol. The molecule has 2 nitrogen and oxygen atoms in total. The fourth-order valence-corrected chi connectivity index (χ4v) is 0.544. The summed E-state index contributed by atoms with van der Waals surface area (Å²) < 4.78 is 5.55. The third-order valence-corrected chi connectivity index (χ3v) is 1.06. The van der Waals surface area contributed by atoms with Crippen LogP contribution in [0.25, 0.3) is 0 Å². The van der Waals surface area contributed by atoms with Crippen molar-refractivity contribution in [1.82, 2.24) is 0 Å². The lowest BCUT2D eigenvalue weighted by molar-refractivity contribution is -0.137. The Morgan fingerprint density at radius 3 is 2.89 bits per heavy atom. The largest absolute Gasteiger partial charge is 0.462 e. The van der Waals surface area contributed by atoms with Crippen LogP contribution in [-0.2, 0) is 9.53 Å². The quantitative estimate of drug-likeness (QED) is 0.323. The van der Waals surface area contributed by atoms with Gasteiger partial charge in [-0.3, -0.25) is 0 Å². The summed E-state index contributed by atoms with van der Waals surface area (Å²) in [6, 6.07) is 0. The van der Waals surface area contributed by atoms with Crippen LogP contribution >= 0.6 is 22.6 Å². The molecule has 52 valence electrons. The topological polar surface area (TPSA) is 26.3 Å². The zero-order valence-corrected chi connectivity index (χ0v) is 7.42.